The van der Waals surface area contributed by atoms with Crippen LogP contribution >= 0.6 is 0 Å². The van der Waals surface area contributed by atoms with Gasteiger partial charge in [0.1, 0.15) is 0 Å². The van der Waals surface area contributed by atoms with Gasteiger partial charge >= 0.3 is 18.1 Å². The fraction of sp³-hybridized carbons (Fsp3) is 0.412. The summed E-state index contributed by atoms with van der Waals surface area (Å²) in [5, 5.41) is 2.39. The first-order valence-corrected chi connectivity index (χ1v) is 8.17. The number of amides is 2. The zero-order valence-electron chi connectivity index (χ0n) is 15.4. The van der Waals surface area contributed by atoms with Crippen molar-refractivity contribution in [1.82, 2.24) is 10.2 Å². The average Bonchev–Trinajstić information content (AvgIpc) is 2.61. The lowest BCUT2D eigenvalue weighted by atomic mass is 9.97. The minimum atomic E-state index is -5.41. The van der Waals surface area contributed by atoms with Crippen LogP contribution in [0.3, 0.4) is 0 Å². The Kier molecular flexibility index (Phi) is 8.13. The molecule has 0 saturated heterocycles. The average molecular weight is 419 g/mol. The first kappa shape index (κ1) is 23.9. The summed E-state index contributed by atoms with van der Waals surface area (Å²) in [6.45, 7) is 8.23. The number of nitrogens with one attached hydrogen (secondary N) is 1. The van der Waals surface area contributed by atoms with Gasteiger partial charge in [0.25, 0.3) is 5.91 Å². The Balaban J connectivity index is 3.19. The molecular formula is C17H20F3N3O6. The second kappa shape index (κ2) is 9.87. The van der Waals surface area contributed by atoms with E-state index in [1.807, 2.05) is 0 Å². The van der Waals surface area contributed by atoms with Gasteiger partial charge in [0.2, 0.25) is 11.7 Å². The topological polar surface area (TPSA) is 128 Å². The largest absolute Gasteiger partial charge is 0.491 e. The Morgan fingerprint density at radius 3 is 2.28 bits per heavy atom. The summed E-state index contributed by atoms with van der Waals surface area (Å²) in [6, 6.07) is -2.36. The maximum atomic E-state index is 12.8. The van der Waals surface area contributed by atoms with Crippen molar-refractivity contribution < 1.29 is 41.8 Å². The number of carbonyl (C=O) groups excluding carboxylic acids is 4. The van der Waals surface area contributed by atoms with Crippen LogP contribution in [0.2, 0.25) is 0 Å². The zero-order chi connectivity index (χ0) is 22.4. The number of halogens is 3. The molecule has 12 heteroatoms. The van der Waals surface area contributed by atoms with Gasteiger partial charge in [0.15, 0.2) is 6.10 Å². The molecule has 0 fully saturated rings. The highest BCUT2D eigenvalue weighted by molar-refractivity contribution is 5.97. The lowest BCUT2D eigenvalue weighted by Crippen LogP contribution is -2.61. The maximum absolute atomic E-state index is 12.8. The number of nitrogens with zero attached hydrogens (tertiary/aromatic N) is 1. The maximum Gasteiger partial charge on any atom is 0.491 e. The van der Waals surface area contributed by atoms with Crippen molar-refractivity contribution in [2.75, 3.05) is 13.1 Å². The van der Waals surface area contributed by atoms with Crippen LogP contribution in [0, 0.1) is 0 Å². The first-order chi connectivity index (χ1) is 13.4. The van der Waals surface area contributed by atoms with E-state index in [1.165, 1.54) is 17.1 Å². The van der Waals surface area contributed by atoms with Gasteiger partial charge < -0.3 is 25.4 Å². The fourth-order valence-corrected chi connectivity index (χ4v) is 2.39. The van der Waals surface area contributed by atoms with Gasteiger partial charge in [0.05, 0.1) is 12.1 Å². The normalized spacial score (nSPS) is 21.1. The summed E-state index contributed by atoms with van der Waals surface area (Å²) in [7, 11) is 0. The van der Waals surface area contributed by atoms with Gasteiger partial charge in [-0.1, -0.05) is 12.2 Å². The van der Waals surface area contributed by atoms with Crippen LogP contribution in [0.25, 0.3) is 0 Å². The van der Waals surface area contributed by atoms with Crippen LogP contribution in [-0.2, 0) is 28.7 Å². The monoisotopic (exact) mass is 419 g/mol. The summed E-state index contributed by atoms with van der Waals surface area (Å²) in [5.41, 5.74) is 5.85. The Morgan fingerprint density at radius 1 is 1.28 bits per heavy atom. The van der Waals surface area contributed by atoms with Gasteiger partial charge in [-0.3, -0.25) is 9.59 Å². The van der Waals surface area contributed by atoms with Gasteiger partial charge in [0, 0.05) is 20.0 Å². The molecule has 1 rings (SSSR count). The summed E-state index contributed by atoms with van der Waals surface area (Å²) < 4.78 is 45.8. The van der Waals surface area contributed by atoms with E-state index in [4.69, 9.17) is 10.5 Å². The number of hydrogen-bond acceptors (Lipinski definition) is 7. The number of hydrogen-bond donors (Lipinski definition) is 2. The van der Waals surface area contributed by atoms with Crippen molar-refractivity contribution in [3.05, 3.63) is 37.1 Å². The van der Waals surface area contributed by atoms with Gasteiger partial charge in [-0.05, 0) is 6.08 Å². The minimum absolute atomic E-state index is 0.0444. The van der Waals surface area contributed by atoms with Crippen LogP contribution in [-0.4, -0.2) is 66.1 Å². The Hall–Kier alpha value is -3.15. The molecular weight excluding hydrogens is 399 g/mol. The Morgan fingerprint density at radius 2 is 1.83 bits per heavy atom. The molecule has 0 spiro atoms. The molecule has 0 unspecified atom stereocenters. The smallest absolute Gasteiger partial charge is 0.471 e. The minimum Gasteiger partial charge on any atom is -0.471 e. The number of nitrogens with two attached hydrogens (primary N) is 1. The van der Waals surface area contributed by atoms with Crippen LogP contribution in [0.5, 0.6) is 0 Å². The van der Waals surface area contributed by atoms with Crippen molar-refractivity contribution in [2.45, 2.75) is 31.3 Å². The SMILES string of the molecule is C=CCN(CC=C)C(=O)[C@@H]1OC(C(=O)OC(=O)C(F)(F)F)=C[C@H](N)[C@H]1NC(C)=O. The van der Waals surface area contributed by atoms with Gasteiger partial charge in [-0.2, -0.15) is 13.2 Å². The van der Waals surface area contributed by atoms with E-state index in [2.05, 4.69) is 23.2 Å². The molecule has 3 N–H and O–H groups in total. The Bertz CT molecular complexity index is 724. The van der Waals surface area contributed by atoms with E-state index in [0.717, 1.165) is 13.0 Å². The van der Waals surface area contributed by atoms with Crippen LogP contribution in [0.1, 0.15) is 6.92 Å². The third-order valence-electron chi connectivity index (χ3n) is 3.58. The van der Waals surface area contributed by atoms with Gasteiger partial charge in [-0.25, -0.2) is 9.59 Å². The Labute approximate surface area is 164 Å². The van der Waals surface area contributed by atoms with Crippen molar-refractivity contribution in [3.8, 4) is 0 Å². The van der Waals surface area contributed by atoms with Crippen molar-refractivity contribution in [1.29, 1.82) is 0 Å². The molecule has 2 amide bonds. The summed E-state index contributed by atoms with van der Waals surface area (Å²) >= 11 is 0. The van der Waals surface area contributed by atoms with E-state index in [1.54, 1.807) is 0 Å². The lowest BCUT2D eigenvalue weighted by Gasteiger charge is -2.36. The predicted octanol–water partition coefficient (Wildman–Crippen LogP) is -0.0662. The molecule has 0 saturated carbocycles. The van der Waals surface area contributed by atoms with Gasteiger partial charge in [-0.15, -0.1) is 13.2 Å². The van der Waals surface area contributed by atoms with Crippen molar-refractivity contribution in [3.63, 3.8) is 0 Å². The second-order valence-electron chi connectivity index (χ2n) is 5.87. The fourth-order valence-electron chi connectivity index (χ4n) is 2.39. The molecule has 160 valence electrons. The number of rotatable bonds is 7. The molecule has 0 aromatic carbocycles. The molecule has 0 aromatic heterocycles. The molecule has 1 heterocycles. The third kappa shape index (κ3) is 6.45. The standard InChI is InChI=1S/C17H20F3N3O6/c1-4-6-23(7-5-2)14(25)13-12(22-9(3)24)10(21)8-11(28-13)15(26)29-16(27)17(18,19)20/h4-5,8,10,12-13H,1-2,6-7,21H2,3H3,(H,22,24)/t10-,12+,13+/m0/s1. The molecule has 0 aromatic rings. The van der Waals surface area contributed by atoms with Crippen molar-refractivity contribution >= 4 is 23.8 Å². The zero-order valence-corrected chi connectivity index (χ0v) is 15.4. The molecule has 0 radical (unpaired) electrons. The lowest BCUT2D eigenvalue weighted by molar-refractivity contribution is -0.202. The summed E-state index contributed by atoms with van der Waals surface area (Å²) in [5.74, 6) is -6.72. The second-order valence-corrected chi connectivity index (χ2v) is 5.87. The molecule has 0 bridgehead atoms. The molecule has 3 atom stereocenters. The summed E-state index contributed by atoms with van der Waals surface area (Å²) in [4.78, 5) is 48.2. The molecule has 9 nitrogen and oxygen atoms in total. The quantitative estimate of drug-likeness (QED) is 0.336. The molecule has 0 aliphatic carbocycles. The third-order valence-corrected chi connectivity index (χ3v) is 3.58. The van der Waals surface area contributed by atoms with E-state index >= 15 is 0 Å². The number of esters is 2. The van der Waals surface area contributed by atoms with E-state index in [9.17, 15) is 32.3 Å². The molecule has 1 aliphatic heterocycles. The van der Waals surface area contributed by atoms with E-state index in [-0.39, 0.29) is 13.1 Å². The van der Waals surface area contributed by atoms with Crippen LogP contribution in [0.15, 0.2) is 37.1 Å². The van der Waals surface area contributed by atoms with Crippen molar-refractivity contribution in [2.24, 2.45) is 5.73 Å². The number of carbonyl (C=O) groups is 4. The highest BCUT2D eigenvalue weighted by Gasteiger charge is 2.46. The highest BCUT2D eigenvalue weighted by atomic mass is 19.4. The molecule has 1 aliphatic rings. The van der Waals surface area contributed by atoms with Crippen LogP contribution < -0.4 is 11.1 Å². The van der Waals surface area contributed by atoms with Crippen LogP contribution in [0.4, 0.5) is 13.2 Å². The predicted molar refractivity (Wildman–Crippen MR) is 92.7 cm³/mol. The number of ether oxygens (including phenoxy) is 2. The molecule has 29 heavy (non-hydrogen) atoms. The van der Waals surface area contributed by atoms with E-state index in [0.29, 0.717) is 0 Å². The number of alkyl halides is 3. The van der Waals surface area contributed by atoms with E-state index < -0.39 is 53.9 Å². The highest BCUT2D eigenvalue weighted by Crippen LogP contribution is 2.23. The first-order valence-electron chi connectivity index (χ1n) is 8.17. The summed E-state index contributed by atoms with van der Waals surface area (Å²) in [6.07, 6.45) is -3.36.